The highest BCUT2D eigenvalue weighted by Crippen LogP contribution is 2.04. The van der Waals surface area contributed by atoms with E-state index in [1.807, 2.05) is 17.8 Å². The van der Waals surface area contributed by atoms with Crippen LogP contribution in [-0.2, 0) is 26.6 Å². The van der Waals surface area contributed by atoms with Gasteiger partial charge >= 0.3 is 0 Å². The summed E-state index contributed by atoms with van der Waals surface area (Å²) in [5.41, 5.74) is 3.70. The Morgan fingerprint density at radius 2 is 1.94 bits per heavy atom. The third-order valence-corrected chi connectivity index (χ3v) is 2.87. The van der Waals surface area contributed by atoms with Crippen molar-refractivity contribution in [3.63, 3.8) is 0 Å². The molecule has 2 rings (SSSR count). The molecule has 3 nitrogen and oxygen atoms in total. The van der Waals surface area contributed by atoms with Gasteiger partial charge in [-0.1, -0.05) is 37.3 Å². The maximum absolute atomic E-state index is 4.43. The summed E-state index contributed by atoms with van der Waals surface area (Å²) < 4.78 is 1.96. The highest BCUT2D eigenvalue weighted by molar-refractivity contribution is 5.15. The predicted molar refractivity (Wildman–Crippen MR) is 69.6 cm³/mol. The SMILES string of the molecule is CCc1cc(CNCc2ccccc2)n(C)n1. The Kier molecular flexibility index (Phi) is 3.94. The standard InChI is InChI=1S/C14H19N3/c1-3-13-9-14(17(2)16-13)11-15-10-12-7-5-4-6-8-12/h4-9,15H,3,10-11H2,1-2H3. The van der Waals surface area contributed by atoms with Gasteiger partial charge in [-0.3, -0.25) is 4.68 Å². The zero-order valence-corrected chi connectivity index (χ0v) is 10.5. The molecule has 0 saturated heterocycles. The molecule has 1 N–H and O–H groups in total. The number of aryl methyl sites for hydroxylation is 2. The largest absolute Gasteiger partial charge is 0.307 e. The Bertz CT molecular complexity index is 460. The lowest BCUT2D eigenvalue weighted by molar-refractivity contribution is 0.623. The van der Waals surface area contributed by atoms with Gasteiger partial charge in [-0.05, 0) is 18.1 Å². The molecule has 0 spiro atoms. The Morgan fingerprint density at radius 1 is 1.18 bits per heavy atom. The van der Waals surface area contributed by atoms with Gasteiger partial charge in [0.25, 0.3) is 0 Å². The molecule has 0 amide bonds. The van der Waals surface area contributed by atoms with E-state index in [1.54, 1.807) is 0 Å². The quantitative estimate of drug-likeness (QED) is 0.852. The molecule has 0 unspecified atom stereocenters. The van der Waals surface area contributed by atoms with Crippen LogP contribution in [-0.4, -0.2) is 9.78 Å². The molecule has 0 atom stereocenters. The molecule has 0 bridgehead atoms. The van der Waals surface area contributed by atoms with Crippen LogP contribution >= 0.6 is 0 Å². The van der Waals surface area contributed by atoms with Crippen molar-refractivity contribution in [3.8, 4) is 0 Å². The topological polar surface area (TPSA) is 29.9 Å². The number of rotatable bonds is 5. The smallest absolute Gasteiger partial charge is 0.0625 e. The average Bonchev–Trinajstić information content (AvgIpc) is 2.72. The molecule has 90 valence electrons. The second-order valence-electron chi connectivity index (χ2n) is 4.19. The van der Waals surface area contributed by atoms with Crippen LogP contribution < -0.4 is 5.32 Å². The van der Waals surface area contributed by atoms with E-state index in [0.29, 0.717) is 0 Å². The van der Waals surface area contributed by atoms with E-state index >= 15 is 0 Å². The van der Waals surface area contributed by atoms with Crippen molar-refractivity contribution in [1.29, 1.82) is 0 Å². The molecule has 0 radical (unpaired) electrons. The van der Waals surface area contributed by atoms with E-state index in [-0.39, 0.29) is 0 Å². The van der Waals surface area contributed by atoms with Crippen LogP contribution in [0, 0.1) is 0 Å². The fourth-order valence-corrected chi connectivity index (χ4v) is 1.84. The first kappa shape index (κ1) is 11.9. The Labute approximate surface area is 102 Å². The van der Waals surface area contributed by atoms with E-state index in [0.717, 1.165) is 25.2 Å². The monoisotopic (exact) mass is 229 g/mol. The molecule has 0 aliphatic rings. The molecule has 2 aromatic rings. The second kappa shape index (κ2) is 5.64. The predicted octanol–water partition coefficient (Wildman–Crippen LogP) is 2.27. The van der Waals surface area contributed by atoms with E-state index in [9.17, 15) is 0 Å². The molecular weight excluding hydrogens is 210 g/mol. The van der Waals surface area contributed by atoms with Crippen LogP contribution in [0.2, 0.25) is 0 Å². The summed E-state index contributed by atoms with van der Waals surface area (Å²) in [4.78, 5) is 0. The normalized spacial score (nSPS) is 10.7. The molecule has 1 aromatic heterocycles. The van der Waals surface area contributed by atoms with Crippen molar-refractivity contribution in [1.82, 2.24) is 15.1 Å². The molecule has 0 aliphatic heterocycles. The van der Waals surface area contributed by atoms with Gasteiger partial charge in [-0.15, -0.1) is 0 Å². The third-order valence-electron chi connectivity index (χ3n) is 2.87. The van der Waals surface area contributed by atoms with Crippen molar-refractivity contribution in [2.75, 3.05) is 0 Å². The van der Waals surface area contributed by atoms with Crippen LogP contribution in [0.1, 0.15) is 23.9 Å². The zero-order chi connectivity index (χ0) is 12.1. The first-order valence-corrected chi connectivity index (χ1v) is 6.06. The van der Waals surface area contributed by atoms with Crippen molar-refractivity contribution in [2.45, 2.75) is 26.4 Å². The zero-order valence-electron chi connectivity index (χ0n) is 10.5. The molecule has 17 heavy (non-hydrogen) atoms. The number of hydrogen-bond donors (Lipinski definition) is 1. The minimum absolute atomic E-state index is 0.860. The lowest BCUT2D eigenvalue weighted by Crippen LogP contribution is -2.15. The number of nitrogens with one attached hydrogen (secondary N) is 1. The first-order chi connectivity index (χ1) is 8.29. The van der Waals surface area contributed by atoms with Gasteiger partial charge in [0.05, 0.1) is 11.4 Å². The van der Waals surface area contributed by atoms with Gasteiger partial charge in [-0.2, -0.15) is 5.10 Å². The van der Waals surface area contributed by atoms with Crippen molar-refractivity contribution in [2.24, 2.45) is 7.05 Å². The van der Waals surface area contributed by atoms with E-state index in [4.69, 9.17) is 0 Å². The second-order valence-corrected chi connectivity index (χ2v) is 4.19. The minimum atomic E-state index is 0.860. The first-order valence-electron chi connectivity index (χ1n) is 6.06. The molecule has 1 aromatic carbocycles. The summed E-state index contributed by atoms with van der Waals surface area (Å²) in [7, 11) is 2.00. The van der Waals surface area contributed by atoms with Crippen molar-refractivity contribution in [3.05, 3.63) is 53.3 Å². The van der Waals surface area contributed by atoms with Gasteiger partial charge in [0, 0.05) is 20.1 Å². The number of aromatic nitrogens is 2. The van der Waals surface area contributed by atoms with Crippen molar-refractivity contribution >= 4 is 0 Å². The summed E-state index contributed by atoms with van der Waals surface area (Å²) in [6, 6.07) is 12.6. The Hall–Kier alpha value is -1.61. The maximum atomic E-state index is 4.43. The Balaban J connectivity index is 1.88. The minimum Gasteiger partial charge on any atom is -0.307 e. The van der Waals surface area contributed by atoms with Gasteiger partial charge in [0.1, 0.15) is 0 Å². The highest BCUT2D eigenvalue weighted by Gasteiger charge is 2.02. The van der Waals surface area contributed by atoms with Crippen LogP contribution in [0.3, 0.4) is 0 Å². The number of nitrogens with zero attached hydrogens (tertiary/aromatic N) is 2. The summed E-state index contributed by atoms with van der Waals surface area (Å²) in [5.74, 6) is 0. The van der Waals surface area contributed by atoms with Crippen LogP contribution in [0.4, 0.5) is 0 Å². The number of benzene rings is 1. The molecule has 0 saturated carbocycles. The van der Waals surface area contributed by atoms with Gasteiger partial charge < -0.3 is 5.32 Å². The van der Waals surface area contributed by atoms with Crippen LogP contribution in [0.5, 0.6) is 0 Å². The molecule has 3 heteroatoms. The Morgan fingerprint density at radius 3 is 2.59 bits per heavy atom. The molecule has 1 heterocycles. The van der Waals surface area contributed by atoms with Gasteiger partial charge in [0.15, 0.2) is 0 Å². The van der Waals surface area contributed by atoms with E-state index in [1.165, 1.54) is 11.3 Å². The number of hydrogen-bond acceptors (Lipinski definition) is 2. The van der Waals surface area contributed by atoms with E-state index < -0.39 is 0 Å². The van der Waals surface area contributed by atoms with Crippen molar-refractivity contribution < 1.29 is 0 Å². The lowest BCUT2D eigenvalue weighted by Gasteiger charge is -2.04. The maximum Gasteiger partial charge on any atom is 0.0625 e. The van der Waals surface area contributed by atoms with E-state index in [2.05, 4.69) is 47.7 Å². The summed E-state index contributed by atoms with van der Waals surface area (Å²) in [5, 5.41) is 7.87. The average molecular weight is 229 g/mol. The summed E-state index contributed by atoms with van der Waals surface area (Å²) in [6.07, 6.45) is 0.993. The fraction of sp³-hybridized carbons (Fsp3) is 0.357. The summed E-state index contributed by atoms with van der Waals surface area (Å²) in [6.45, 7) is 3.88. The molecule has 0 aliphatic carbocycles. The van der Waals surface area contributed by atoms with Crippen LogP contribution in [0.25, 0.3) is 0 Å². The third kappa shape index (κ3) is 3.17. The summed E-state index contributed by atoms with van der Waals surface area (Å²) >= 11 is 0. The van der Waals surface area contributed by atoms with Gasteiger partial charge in [0.2, 0.25) is 0 Å². The highest BCUT2D eigenvalue weighted by atomic mass is 15.3. The molecular formula is C14H19N3. The fourth-order valence-electron chi connectivity index (χ4n) is 1.84. The lowest BCUT2D eigenvalue weighted by atomic mass is 10.2. The molecule has 0 fully saturated rings. The van der Waals surface area contributed by atoms with Crippen LogP contribution in [0.15, 0.2) is 36.4 Å². The van der Waals surface area contributed by atoms with Gasteiger partial charge in [-0.25, -0.2) is 0 Å².